The third-order valence-electron chi connectivity index (χ3n) is 3.75. The van der Waals surface area contributed by atoms with E-state index in [9.17, 15) is 9.50 Å². The molecule has 1 aliphatic carbocycles. The molecule has 0 bridgehead atoms. The maximum absolute atomic E-state index is 13.1. The van der Waals surface area contributed by atoms with Gasteiger partial charge in [0, 0.05) is 18.2 Å². The van der Waals surface area contributed by atoms with Crippen LogP contribution in [0.25, 0.3) is 0 Å². The van der Waals surface area contributed by atoms with Crippen molar-refractivity contribution in [3.8, 4) is 11.8 Å². The van der Waals surface area contributed by atoms with E-state index in [0.29, 0.717) is 12.1 Å². The van der Waals surface area contributed by atoms with Crippen molar-refractivity contribution in [2.24, 2.45) is 5.41 Å². The molecule has 0 spiro atoms. The molecule has 0 aliphatic heterocycles. The molecule has 2 N–H and O–H groups in total. The van der Waals surface area contributed by atoms with Crippen LogP contribution in [0.15, 0.2) is 18.2 Å². The molecule has 0 aromatic heterocycles. The average molecular weight is 248 g/mol. The van der Waals surface area contributed by atoms with E-state index < -0.39 is 0 Å². The summed E-state index contributed by atoms with van der Waals surface area (Å²) in [6.07, 6.45) is 2.92. The fraction of sp³-hybridized carbons (Fsp3) is 0.500. The Bertz CT molecular complexity index is 477. The Labute approximate surface area is 106 Å². The Balaban J connectivity index is 2.01. The molecule has 1 aliphatic rings. The van der Waals surface area contributed by atoms with E-state index in [2.05, 4.69) is 11.4 Å². The van der Waals surface area contributed by atoms with Crippen LogP contribution in [0.2, 0.25) is 0 Å². The van der Waals surface area contributed by atoms with E-state index in [-0.39, 0.29) is 23.0 Å². The van der Waals surface area contributed by atoms with E-state index in [1.807, 2.05) is 6.92 Å². The predicted molar refractivity (Wildman–Crippen MR) is 66.4 cm³/mol. The molecule has 2 rings (SSSR count). The van der Waals surface area contributed by atoms with Gasteiger partial charge in [-0.1, -0.05) is 6.42 Å². The van der Waals surface area contributed by atoms with E-state index >= 15 is 0 Å². The van der Waals surface area contributed by atoms with Crippen molar-refractivity contribution in [2.75, 3.05) is 6.54 Å². The number of phenolic OH excluding ortho intramolecular Hbond substituents is 1. The third kappa shape index (κ3) is 2.46. The first-order valence-electron chi connectivity index (χ1n) is 6.19. The lowest BCUT2D eigenvalue weighted by Crippen LogP contribution is -2.39. The zero-order valence-electron chi connectivity index (χ0n) is 10.4. The lowest BCUT2D eigenvalue weighted by molar-refractivity contribution is 0.200. The topological polar surface area (TPSA) is 56.0 Å². The van der Waals surface area contributed by atoms with Crippen molar-refractivity contribution in [1.82, 2.24) is 5.32 Å². The van der Waals surface area contributed by atoms with Crippen molar-refractivity contribution < 1.29 is 9.50 Å². The Kier molecular flexibility index (Phi) is 3.53. The van der Waals surface area contributed by atoms with Gasteiger partial charge < -0.3 is 10.4 Å². The normalized spacial score (nSPS) is 18.7. The molecule has 4 heteroatoms. The monoisotopic (exact) mass is 248 g/mol. The van der Waals surface area contributed by atoms with Crippen LogP contribution in [-0.4, -0.2) is 11.7 Å². The molecule has 0 heterocycles. The van der Waals surface area contributed by atoms with Gasteiger partial charge in [0.05, 0.1) is 11.5 Å². The first kappa shape index (κ1) is 12.8. The highest BCUT2D eigenvalue weighted by molar-refractivity contribution is 5.34. The number of nitriles is 1. The molecule has 1 fully saturated rings. The summed E-state index contributed by atoms with van der Waals surface area (Å²) < 4.78 is 13.1. The highest BCUT2D eigenvalue weighted by Crippen LogP contribution is 2.40. The minimum Gasteiger partial charge on any atom is -0.508 e. The van der Waals surface area contributed by atoms with Gasteiger partial charge in [-0.15, -0.1) is 0 Å². The molecule has 3 nitrogen and oxygen atoms in total. The Hall–Kier alpha value is -1.60. The van der Waals surface area contributed by atoms with Gasteiger partial charge >= 0.3 is 0 Å². The number of halogens is 1. The van der Waals surface area contributed by atoms with Gasteiger partial charge in [0.1, 0.15) is 11.6 Å². The van der Waals surface area contributed by atoms with Gasteiger partial charge in [-0.05, 0) is 38.0 Å². The van der Waals surface area contributed by atoms with E-state index in [4.69, 9.17) is 5.26 Å². The number of hydrogen-bond donors (Lipinski definition) is 2. The van der Waals surface area contributed by atoms with Crippen molar-refractivity contribution in [2.45, 2.75) is 32.2 Å². The second-order valence-electron chi connectivity index (χ2n) is 5.05. The Morgan fingerprint density at radius 3 is 2.83 bits per heavy atom. The van der Waals surface area contributed by atoms with Gasteiger partial charge in [0.15, 0.2) is 0 Å². The lowest BCUT2D eigenvalue weighted by Gasteiger charge is -2.36. The summed E-state index contributed by atoms with van der Waals surface area (Å²) in [5, 5.41) is 22.0. The molecule has 0 radical (unpaired) electrons. The molecular weight excluding hydrogens is 231 g/mol. The van der Waals surface area contributed by atoms with Crippen LogP contribution in [0.1, 0.15) is 37.8 Å². The average Bonchev–Trinajstić information content (AvgIpc) is 2.31. The van der Waals surface area contributed by atoms with Crippen LogP contribution in [0, 0.1) is 22.6 Å². The van der Waals surface area contributed by atoms with Crippen LogP contribution in [0.3, 0.4) is 0 Å². The van der Waals surface area contributed by atoms with Gasteiger partial charge in [0.2, 0.25) is 0 Å². The number of hydrogen-bond acceptors (Lipinski definition) is 3. The standard InChI is InChI=1S/C14H17FN2O/c1-10(12-7-11(15)3-4-13(12)18)17-9-14(8-16)5-2-6-14/h3-4,7,10,17-18H,2,5-6,9H2,1H3/t10-/m1/s1. The smallest absolute Gasteiger partial charge is 0.123 e. The van der Waals surface area contributed by atoms with Crippen LogP contribution in [0.5, 0.6) is 5.75 Å². The van der Waals surface area contributed by atoms with Gasteiger partial charge in [-0.25, -0.2) is 4.39 Å². The fourth-order valence-corrected chi connectivity index (χ4v) is 2.26. The second-order valence-corrected chi connectivity index (χ2v) is 5.05. The predicted octanol–water partition coefficient (Wildman–Crippen LogP) is 2.88. The largest absolute Gasteiger partial charge is 0.508 e. The molecule has 18 heavy (non-hydrogen) atoms. The van der Waals surface area contributed by atoms with Crippen LogP contribution < -0.4 is 5.32 Å². The Morgan fingerprint density at radius 2 is 2.28 bits per heavy atom. The van der Waals surface area contributed by atoms with Gasteiger partial charge in [-0.3, -0.25) is 0 Å². The zero-order chi connectivity index (χ0) is 13.2. The third-order valence-corrected chi connectivity index (χ3v) is 3.75. The maximum atomic E-state index is 13.1. The molecular formula is C14H17FN2O. The van der Waals surface area contributed by atoms with Crippen molar-refractivity contribution in [3.05, 3.63) is 29.6 Å². The molecule has 0 saturated heterocycles. The number of benzene rings is 1. The molecule has 96 valence electrons. The summed E-state index contributed by atoms with van der Waals surface area (Å²) in [6, 6.07) is 6.08. The molecule has 0 unspecified atom stereocenters. The molecule has 1 atom stereocenters. The quantitative estimate of drug-likeness (QED) is 0.861. The van der Waals surface area contributed by atoms with E-state index in [1.165, 1.54) is 18.2 Å². The molecule has 1 aromatic rings. The van der Waals surface area contributed by atoms with Gasteiger partial charge in [0.25, 0.3) is 0 Å². The summed E-state index contributed by atoms with van der Waals surface area (Å²) in [5.74, 6) is -0.286. The summed E-state index contributed by atoms with van der Waals surface area (Å²) in [6.45, 7) is 2.44. The maximum Gasteiger partial charge on any atom is 0.123 e. The first-order chi connectivity index (χ1) is 8.56. The Morgan fingerprint density at radius 1 is 1.56 bits per heavy atom. The summed E-state index contributed by atoms with van der Waals surface area (Å²) in [5.41, 5.74) is 0.263. The number of aromatic hydroxyl groups is 1. The highest BCUT2D eigenvalue weighted by atomic mass is 19.1. The van der Waals surface area contributed by atoms with Crippen LogP contribution in [-0.2, 0) is 0 Å². The van der Waals surface area contributed by atoms with Crippen molar-refractivity contribution in [3.63, 3.8) is 0 Å². The first-order valence-corrected chi connectivity index (χ1v) is 6.19. The SMILES string of the molecule is C[C@@H](NCC1(C#N)CCC1)c1cc(F)ccc1O. The molecule has 0 amide bonds. The second kappa shape index (κ2) is 4.95. The minimum absolute atomic E-state index is 0.0796. The van der Waals surface area contributed by atoms with Crippen LogP contribution in [0.4, 0.5) is 4.39 Å². The van der Waals surface area contributed by atoms with E-state index in [0.717, 1.165) is 19.3 Å². The van der Waals surface area contributed by atoms with Crippen LogP contribution >= 0.6 is 0 Å². The highest BCUT2D eigenvalue weighted by Gasteiger charge is 2.37. The number of nitrogens with one attached hydrogen (secondary N) is 1. The number of rotatable bonds is 4. The van der Waals surface area contributed by atoms with Crippen molar-refractivity contribution in [1.29, 1.82) is 5.26 Å². The van der Waals surface area contributed by atoms with Crippen molar-refractivity contribution >= 4 is 0 Å². The number of nitrogens with zero attached hydrogens (tertiary/aromatic N) is 1. The lowest BCUT2D eigenvalue weighted by atomic mass is 9.70. The summed E-state index contributed by atoms with van der Waals surface area (Å²) in [4.78, 5) is 0. The van der Waals surface area contributed by atoms with E-state index in [1.54, 1.807) is 0 Å². The fourth-order valence-electron chi connectivity index (χ4n) is 2.26. The molecule has 1 aromatic carbocycles. The molecule has 1 saturated carbocycles. The minimum atomic E-state index is -0.366. The zero-order valence-corrected chi connectivity index (χ0v) is 10.4. The number of phenols is 1. The summed E-state index contributed by atoms with van der Waals surface area (Å²) >= 11 is 0. The van der Waals surface area contributed by atoms with Gasteiger partial charge in [-0.2, -0.15) is 5.26 Å². The summed E-state index contributed by atoms with van der Waals surface area (Å²) in [7, 11) is 0.